The Kier molecular flexibility index (Phi) is 6.53. The summed E-state index contributed by atoms with van der Waals surface area (Å²) in [6.07, 6.45) is 12.0. The SMILES string of the molecule is CS(=O)(=O)[C@H]1CCC[C@H](NC(=O)NCCCC2CCCC2)C1. The highest BCUT2D eigenvalue weighted by atomic mass is 32.2. The number of amides is 2. The molecule has 0 aromatic heterocycles. The van der Waals surface area contributed by atoms with Gasteiger partial charge in [-0.2, -0.15) is 0 Å². The fourth-order valence-electron chi connectivity index (χ4n) is 3.79. The second kappa shape index (κ2) is 8.18. The summed E-state index contributed by atoms with van der Waals surface area (Å²) in [6.45, 7) is 0.713. The predicted molar refractivity (Wildman–Crippen MR) is 88.6 cm³/mol. The first-order valence-corrected chi connectivity index (χ1v) is 10.6. The van der Waals surface area contributed by atoms with Gasteiger partial charge in [-0.3, -0.25) is 0 Å². The molecule has 0 unspecified atom stereocenters. The van der Waals surface area contributed by atoms with Crippen molar-refractivity contribution in [1.82, 2.24) is 10.6 Å². The van der Waals surface area contributed by atoms with E-state index >= 15 is 0 Å². The highest BCUT2D eigenvalue weighted by Gasteiger charge is 2.29. The Morgan fingerprint density at radius 1 is 1.09 bits per heavy atom. The van der Waals surface area contributed by atoms with E-state index in [0.717, 1.165) is 31.6 Å². The van der Waals surface area contributed by atoms with Crippen LogP contribution < -0.4 is 10.6 Å². The average Bonchev–Trinajstić information content (AvgIpc) is 2.96. The molecule has 2 amide bonds. The van der Waals surface area contributed by atoms with Crippen molar-refractivity contribution in [2.24, 2.45) is 5.92 Å². The number of urea groups is 1. The minimum absolute atomic E-state index is 0.0108. The highest BCUT2D eigenvalue weighted by Crippen LogP contribution is 2.28. The molecular formula is C16H30N2O3S. The van der Waals surface area contributed by atoms with Gasteiger partial charge in [-0.15, -0.1) is 0 Å². The zero-order chi connectivity index (χ0) is 16.0. The molecule has 0 aliphatic heterocycles. The zero-order valence-corrected chi connectivity index (χ0v) is 14.5. The first kappa shape index (κ1) is 17.6. The Balaban J connectivity index is 1.61. The van der Waals surface area contributed by atoms with Crippen LogP contribution in [0.2, 0.25) is 0 Å². The van der Waals surface area contributed by atoms with Crippen molar-refractivity contribution in [3.63, 3.8) is 0 Å². The van der Waals surface area contributed by atoms with Crippen molar-refractivity contribution in [2.75, 3.05) is 12.8 Å². The molecule has 0 spiro atoms. The van der Waals surface area contributed by atoms with Crippen LogP contribution in [0.1, 0.15) is 64.2 Å². The molecule has 0 radical (unpaired) electrons. The summed E-state index contributed by atoms with van der Waals surface area (Å²) in [4.78, 5) is 11.9. The molecule has 2 aliphatic rings. The first-order chi connectivity index (χ1) is 10.4. The number of carbonyl (C=O) groups is 1. The van der Waals surface area contributed by atoms with Gasteiger partial charge in [-0.25, -0.2) is 13.2 Å². The Bertz CT molecular complexity index is 458. The molecule has 0 aromatic carbocycles. The third kappa shape index (κ3) is 5.78. The van der Waals surface area contributed by atoms with E-state index in [4.69, 9.17) is 0 Å². The Hall–Kier alpha value is -0.780. The van der Waals surface area contributed by atoms with Crippen molar-refractivity contribution in [3.05, 3.63) is 0 Å². The third-order valence-corrected chi connectivity index (χ3v) is 6.76. The lowest BCUT2D eigenvalue weighted by atomic mass is 9.95. The Morgan fingerprint density at radius 3 is 2.50 bits per heavy atom. The summed E-state index contributed by atoms with van der Waals surface area (Å²) in [5.74, 6) is 0.860. The quantitative estimate of drug-likeness (QED) is 0.735. The van der Waals surface area contributed by atoms with Gasteiger partial charge in [0.15, 0.2) is 0 Å². The summed E-state index contributed by atoms with van der Waals surface area (Å²) < 4.78 is 23.3. The van der Waals surface area contributed by atoms with Gasteiger partial charge in [0.1, 0.15) is 9.84 Å². The van der Waals surface area contributed by atoms with Crippen LogP contribution in [0, 0.1) is 5.92 Å². The van der Waals surface area contributed by atoms with E-state index in [0.29, 0.717) is 13.0 Å². The number of carbonyl (C=O) groups excluding carboxylic acids is 1. The lowest BCUT2D eigenvalue weighted by molar-refractivity contribution is 0.232. The standard InChI is InChI=1S/C16H30N2O3S/c1-22(20,21)15-10-4-9-14(12-15)18-16(19)17-11-5-8-13-6-2-3-7-13/h13-15H,2-12H2,1H3,(H2,17,18,19)/t14-,15-/m0/s1. The number of nitrogens with one attached hydrogen (secondary N) is 2. The molecule has 0 heterocycles. The molecule has 0 aromatic rings. The van der Waals surface area contributed by atoms with Crippen LogP contribution in [0.4, 0.5) is 4.79 Å². The first-order valence-electron chi connectivity index (χ1n) is 8.68. The van der Waals surface area contributed by atoms with Gasteiger partial charge < -0.3 is 10.6 Å². The minimum atomic E-state index is -3.00. The summed E-state index contributed by atoms with van der Waals surface area (Å²) in [7, 11) is -3.00. The minimum Gasteiger partial charge on any atom is -0.338 e. The molecule has 2 fully saturated rings. The molecule has 0 saturated heterocycles. The average molecular weight is 330 g/mol. The zero-order valence-electron chi connectivity index (χ0n) is 13.6. The third-order valence-electron chi connectivity index (χ3n) is 5.12. The largest absolute Gasteiger partial charge is 0.338 e. The molecule has 2 N–H and O–H groups in total. The second-order valence-electron chi connectivity index (χ2n) is 7.01. The monoisotopic (exact) mass is 330 g/mol. The maximum atomic E-state index is 11.9. The van der Waals surface area contributed by atoms with Gasteiger partial charge in [-0.1, -0.05) is 32.1 Å². The van der Waals surface area contributed by atoms with Crippen molar-refractivity contribution >= 4 is 15.9 Å². The molecule has 6 heteroatoms. The second-order valence-corrected chi connectivity index (χ2v) is 9.33. The van der Waals surface area contributed by atoms with Crippen molar-refractivity contribution in [1.29, 1.82) is 0 Å². The van der Waals surface area contributed by atoms with Gasteiger partial charge >= 0.3 is 6.03 Å². The van der Waals surface area contributed by atoms with Crippen molar-refractivity contribution < 1.29 is 13.2 Å². The molecule has 5 nitrogen and oxygen atoms in total. The van der Waals surface area contributed by atoms with E-state index in [1.165, 1.54) is 38.4 Å². The van der Waals surface area contributed by atoms with E-state index in [-0.39, 0.29) is 17.3 Å². The van der Waals surface area contributed by atoms with Crippen LogP contribution in [0.5, 0.6) is 0 Å². The van der Waals surface area contributed by atoms with Gasteiger partial charge in [0, 0.05) is 18.8 Å². The summed E-state index contributed by atoms with van der Waals surface area (Å²) in [5.41, 5.74) is 0. The molecule has 0 bridgehead atoms. The van der Waals surface area contributed by atoms with Crippen LogP contribution in [0.25, 0.3) is 0 Å². The van der Waals surface area contributed by atoms with Crippen molar-refractivity contribution in [3.8, 4) is 0 Å². The number of sulfone groups is 1. The lowest BCUT2D eigenvalue weighted by Crippen LogP contribution is -2.46. The number of hydrogen-bond acceptors (Lipinski definition) is 3. The number of hydrogen-bond donors (Lipinski definition) is 2. The van der Waals surface area contributed by atoms with Crippen molar-refractivity contribution in [2.45, 2.75) is 75.5 Å². The molecule has 2 atom stereocenters. The normalized spacial score (nSPS) is 26.8. The maximum absolute atomic E-state index is 11.9. The maximum Gasteiger partial charge on any atom is 0.315 e. The predicted octanol–water partition coefficient (Wildman–Crippen LogP) is 2.61. The molecule has 2 rings (SSSR count). The highest BCUT2D eigenvalue weighted by molar-refractivity contribution is 7.91. The lowest BCUT2D eigenvalue weighted by Gasteiger charge is -2.28. The number of rotatable bonds is 6. The van der Waals surface area contributed by atoms with E-state index in [9.17, 15) is 13.2 Å². The smallest absolute Gasteiger partial charge is 0.315 e. The van der Waals surface area contributed by atoms with E-state index in [2.05, 4.69) is 10.6 Å². The summed E-state index contributed by atoms with van der Waals surface area (Å²) >= 11 is 0. The van der Waals surface area contributed by atoms with E-state index in [1.807, 2.05) is 0 Å². The van der Waals surface area contributed by atoms with Crippen LogP contribution in [0.15, 0.2) is 0 Å². The van der Waals surface area contributed by atoms with Gasteiger partial charge in [0.2, 0.25) is 0 Å². The Labute approximate surface area is 134 Å². The topological polar surface area (TPSA) is 75.3 Å². The van der Waals surface area contributed by atoms with Crippen LogP contribution in [-0.4, -0.2) is 38.5 Å². The summed E-state index contributed by atoms with van der Waals surface area (Å²) in [6, 6.07) is -0.158. The van der Waals surface area contributed by atoms with Crippen LogP contribution >= 0.6 is 0 Å². The van der Waals surface area contributed by atoms with Gasteiger partial charge in [0.05, 0.1) is 5.25 Å². The molecule has 128 valence electrons. The van der Waals surface area contributed by atoms with Gasteiger partial charge in [-0.05, 0) is 38.0 Å². The van der Waals surface area contributed by atoms with Crippen LogP contribution in [0.3, 0.4) is 0 Å². The van der Waals surface area contributed by atoms with Gasteiger partial charge in [0.25, 0.3) is 0 Å². The summed E-state index contributed by atoms with van der Waals surface area (Å²) in [5, 5.41) is 5.55. The molecule has 2 aliphatic carbocycles. The Morgan fingerprint density at radius 2 is 1.82 bits per heavy atom. The molecular weight excluding hydrogens is 300 g/mol. The molecule has 22 heavy (non-hydrogen) atoms. The fraction of sp³-hybridized carbons (Fsp3) is 0.938. The molecule has 2 saturated carbocycles. The van der Waals surface area contributed by atoms with Crippen LogP contribution in [-0.2, 0) is 9.84 Å². The van der Waals surface area contributed by atoms with E-state index < -0.39 is 9.84 Å². The fourth-order valence-corrected chi connectivity index (χ4v) is 4.97. The van der Waals surface area contributed by atoms with E-state index in [1.54, 1.807) is 0 Å².